The van der Waals surface area contributed by atoms with E-state index in [1.54, 1.807) is 20.0 Å². The Morgan fingerprint density at radius 3 is 2.62 bits per heavy atom. The SMILES string of the molecule is CC1Cc2c([nH]c3ccccc23)CN1CC(C)(C)F.FCC1CN(CCOc2ccccn2)C1. The maximum absolute atomic E-state index is 13.9. The summed E-state index contributed by atoms with van der Waals surface area (Å²) in [7, 11) is 0. The summed E-state index contributed by atoms with van der Waals surface area (Å²) in [4.78, 5) is 12.0. The molecule has 0 aliphatic carbocycles. The molecule has 0 radical (unpaired) electrons. The van der Waals surface area contributed by atoms with E-state index in [2.05, 4.69) is 51.0 Å². The van der Waals surface area contributed by atoms with Gasteiger partial charge in [0.2, 0.25) is 5.88 Å². The fraction of sp³-hybridized carbons (Fsp3) is 0.519. The zero-order chi connectivity index (χ0) is 24.1. The Morgan fingerprint density at radius 1 is 1.15 bits per heavy atom. The van der Waals surface area contributed by atoms with E-state index in [9.17, 15) is 8.78 Å². The van der Waals surface area contributed by atoms with Crippen molar-refractivity contribution in [3.05, 3.63) is 59.9 Å². The maximum Gasteiger partial charge on any atom is 0.213 e. The lowest BCUT2D eigenvalue weighted by molar-refractivity contribution is 0.0662. The maximum atomic E-state index is 13.9. The normalized spacial score (nSPS) is 19.3. The molecule has 2 aliphatic rings. The number of hydrogen-bond donors (Lipinski definition) is 1. The first-order valence-corrected chi connectivity index (χ1v) is 12.2. The van der Waals surface area contributed by atoms with E-state index in [-0.39, 0.29) is 12.6 Å². The second-order valence-electron chi connectivity index (χ2n) is 10.1. The minimum absolute atomic E-state index is 0.197. The van der Waals surface area contributed by atoms with E-state index in [1.165, 1.54) is 22.2 Å². The molecule has 1 unspecified atom stereocenters. The number of aromatic amines is 1. The Kier molecular flexibility index (Phi) is 7.84. The zero-order valence-corrected chi connectivity index (χ0v) is 20.4. The highest BCUT2D eigenvalue weighted by Crippen LogP contribution is 2.31. The first-order chi connectivity index (χ1) is 16.3. The molecule has 0 saturated carbocycles. The molecule has 1 aromatic carbocycles. The molecule has 3 aromatic rings. The predicted molar refractivity (Wildman–Crippen MR) is 133 cm³/mol. The van der Waals surface area contributed by atoms with Gasteiger partial charge in [0.1, 0.15) is 12.3 Å². The van der Waals surface area contributed by atoms with E-state index >= 15 is 0 Å². The Hall–Kier alpha value is -2.51. The minimum atomic E-state index is -1.14. The number of aromatic nitrogens is 2. The van der Waals surface area contributed by atoms with Gasteiger partial charge in [0, 0.05) is 73.5 Å². The Balaban J connectivity index is 0.000000166. The van der Waals surface area contributed by atoms with Gasteiger partial charge in [-0.25, -0.2) is 9.37 Å². The van der Waals surface area contributed by atoms with E-state index in [1.807, 2.05) is 18.2 Å². The summed E-state index contributed by atoms with van der Waals surface area (Å²) < 4.78 is 31.4. The van der Waals surface area contributed by atoms with Gasteiger partial charge in [0.25, 0.3) is 0 Å². The van der Waals surface area contributed by atoms with Gasteiger partial charge in [-0.1, -0.05) is 24.3 Å². The number of halogens is 2. The summed E-state index contributed by atoms with van der Waals surface area (Å²) in [5.74, 6) is 0.903. The van der Waals surface area contributed by atoms with Gasteiger partial charge < -0.3 is 9.72 Å². The van der Waals surface area contributed by atoms with Crippen LogP contribution >= 0.6 is 0 Å². The lowest BCUT2D eigenvalue weighted by Gasteiger charge is -2.37. The van der Waals surface area contributed by atoms with Crippen molar-refractivity contribution >= 4 is 10.9 Å². The summed E-state index contributed by atoms with van der Waals surface area (Å²) >= 11 is 0. The minimum Gasteiger partial charge on any atom is -0.476 e. The van der Waals surface area contributed by atoms with Crippen LogP contribution < -0.4 is 4.74 Å². The van der Waals surface area contributed by atoms with Crippen LogP contribution in [0.5, 0.6) is 5.88 Å². The highest BCUT2D eigenvalue weighted by Gasteiger charge is 2.30. The van der Waals surface area contributed by atoms with Crippen LogP contribution in [0.2, 0.25) is 0 Å². The van der Waals surface area contributed by atoms with Crippen molar-refractivity contribution in [3.63, 3.8) is 0 Å². The molecule has 5 rings (SSSR count). The number of hydrogen-bond acceptors (Lipinski definition) is 4. The molecule has 4 heterocycles. The predicted octanol–water partition coefficient (Wildman–Crippen LogP) is 5.02. The second kappa shape index (κ2) is 10.8. The van der Waals surface area contributed by atoms with E-state index in [4.69, 9.17) is 4.74 Å². The van der Waals surface area contributed by atoms with Gasteiger partial charge in [-0.3, -0.25) is 14.2 Å². The zero-order valence-electron chi connectivity index (χ0n) is 20.4. The first-order valence-electron chi connectivity index (χ1n) is 12.2. The quantitative estimate of drug-likeness (QED) is 0.526. The van der Waals surface area contributed by atoms with Crippen molar-refractivity contribution in [1.82, 2.24) is 19.8 Å². The van der Waals surface area contributed by atoms with Crippen LogP contribution in [0.25, 0.3) is 10.9 Å². The molecule has 1 fully saturated rings. The van der Waals surface area contributed by atoms with Crippen molar-refractivity contribution < 1.29 is 13.5 Å². The average Bonchev–Trinajstić information content (AvgIpc) is 3.13. The molecule has 1 atom stereocenters. The molecule has 0 amide bonds. The summed E-state index contributed by atoms with van der Waals surface area (Å²) in [6.07, 6.45) is 2.70. The molecule has 0 spiro atoms. The molecule has 7 heteroatoms. The average molecular weight is 471 g/mol. The van der Waals surface area contributed by atoms with Gasteiger partial charge in [-0.2, -0.15) is 0 Å². The second-order valence-corrected chi connectivity index (χ2v) is 10.1. The lowest BCUT2D eigenvalue weighted by atomic mass is 9.96. The van der Waals surface area contributed by atoms with Crippen LogP contribution in [0.15, 0.2) is 48.7 Å². The first kappa shape index (κ1) is 24.6. The van der Waals surface area contributed by atoms with Crippen molar-refractivity contribution in [2.24, 2.45) is 5.92 Å². The number of para-hydroxylation sites is 1. The third-order valence-corrected chi connectivity index (χ3v) is 6.51. The fourth-order valence-electron chi connectivity index (χ4n) is 4.77. The van der Waals surface area contributed by atoms with Crippen LogP contribution in [0.3, 0.4) is 0 Å². The Labute approximate surface area is 201 Å². The van der Waals surface area contributed by atoms with Crippen molar-refractivity contribution in [3.8, 4) is 5.88 Å². The van der Waals surface area contributed by atoms with E-state index < -0.39 is 5.67 Å². The number of benzene rings is 1. The van der Waals surface area contributed by atoms with Crippen molar-refractivity contribution in [2.75, 3.05) is 39.5 Å². The molecule has 34 heavy (non-hydrogen) atoms. The van der Waals surface area contributed by atoms with Gasteiger partial charge in [-0.15, -0.1) is 0 Å². The third-order valence-electron chi connectivity index (χ3n) is 6.51. The summed E-state index contributed by atoms with van der Waals surface area (Å²) in [5, 5.41) is 1.32. The number of H-pyrrole nitrogens is 1. The fourth-order valence-corrected chi connectivity index (χ4v) is 4.77. The molecule has 2 aromatic heterocycles. The number of ether oxygens (including phenoxy) is 1. The smallest absolute Gasteiger partial charge is 0.213 e. The van der Waals surface area contributed by atoms with Gasteiger partial charge in [-0.05, 0) is 44.9 Å². The Bertz CT molecular complexity index is 1040. The molecule has 1 saturated heterocycles. The summed E-state index contributed by atoms with van der Waals surface area (Å²) in [6.45, 7) is 9.81. The van der Waals surface area contributed by atoms with Crippen LogP contribution in [-0.2, 0) is 13.0 Å². The molecule has 184 valence electrons. The van der Waals surface area contributed by atoms with Gasteiger partial charge in [0.15, 0.2) is 0 Å². The summed E-state index contributed by atoms with van der Waals surface area (Å²) in [6, 6.07) is 14.4. The molecule has 0 bridgehead atoms. The topological polar surface area (TPSA) is 44.4 Å². The highest BCUT2D eigenvalue weighted by molar-refractivity contribution is 5.84. The van der Waals surface area contributed by atoms with Crippen molar-refractivity contribution in [1.29, 1.82) is 0 Å². The standard InChI is InChI=1S/C16H21FN2.C11H15FN2O/c1-11-8-13-12-6-4-5-7-14(12)18-15(13)9-19(11)10-16(2,3)17;12-7-10-8-14(9-10)5-6-15-11-3-1-2-4-13-11/h4-7,11,18H,8-10H2,1-3H3;1-4,10H,5-9H2. The van der Waals surface area contributed by atoms with E-state index in [0.717, 1.165) is 32.6 Å². The van der Waals surface area contributed by atoms with Crippen LogP contribution in [0, 0.1) is 5.92 Å². The number of rotatable bonds is 7. The largest absolute Gasteiger partial charge is 0.476 e. The molecule has 2 aliphatic heterocycles. The number of pyridine rings is 1. The molecular weight excluding hydrogens is 434 g/mol. The monoisotopic (exact) mass is 470 g/mol. The van der Waals surface area contributed by atoms with Crippen LogP contribution in [0.1, 0.15) is 32.0 Å². The van der Waals surface area contributed by atoms with Crippen LogP contribution in [-0.4, -0.2) is 70.9 Å². The van der Waals surface area contributed by atoms with Gasteiger partial charge >= 0.3 is 0 Å². The van der Waals surface area contributed by atoms with E-state index in [0.29, 0.717) is 25.1 Å². The number of nitrogens with zero attached hydrogens (tertiary/aromatic N) is 3. The number of alkyl halides is 2. The van der Waals surface area contributed by atoms with Crippen LogP contribution in [0.4, 0.5) is 8.78 Å². The van der Waals surface area contributed by atoms with Crippen molar-refractivity contribution in [2.45, 2.75) is 45.4 Å². The highest BCUT2D eigenvalue weighted by atomic mass is 19.1. The molecule has 5 nitrogen and oxygen atoms in total. The van der Waals surface area contributed by atoms with Gasteiger partial charge in [0.05, 0.1) is 6.67 Å². The number of likely N-dealkylation sites (tertiary alicyclic amines) is 1. The number of nitrogens with one attached hydrogen (secondary N) is 1. The molecular formula is C27H36F2N4O. The third kappa shape index (κ3) is 6.33. The number of fused-ring (bicyclic) bond motifs is 3. The molecule has 1 N–H and O–H groups in total. The lowest BCUT2D eigenvalue weighted by Crippen LogP contribution is -2.49. The Morgan fingerprint density at radius 2 is 1.91 bits per heavy atom. The summed E-state index contributed by atoms with van der Waals surface area (Å²) in [5.41, 5.74) is 2.72.